The number of benzene rings is 1. The Morgan fingerprint density at radius 3 is 2.59 bits per heavy atom. The molecule has 0 aromatic heterocycles. The fourth-order valence-electron chi connectivity index (χ4n) is 5.86. The summed E-state index contributed by atoms with van der Waals surface area (Å²) in [4.78, 5) is 40.7. The van der Waals surface area contributed by atoms with E-state index in [0.29, 0.717) is 18.5 Å². The van der Waals surface area contributed by atoms with Gasteiger partial charge in [-0.05, 0) is 87.7 Å². The van der Waals surface area contributed by atoms with E-state index in [4.69, 9.17) is 0 Å². The van der Waals surface area contributed by atoms with E-state index < -0.39 is 6.04 Å². The second kappa shape index (κ2) is 9.32. The zero-order valence-electron chi connectivity index (χ0n) is 18.8. The molecule has 7 heteroatoms. The highest BCUT2D eigenvalue weighted by Gasteiger charge is 2.39. The largest absolute Gasteiger partial charge is 0.322 e. The fraction of sp³-hybridized carbons (Fsp3) is 0.640. The molecule has 1 unspecified atom stereocenters. The van der Waals surface area contributed by atoms with Crippen LogP contribution in [0.25, 0.3) is 0 Å². The summed E-state index contributed by atoms with van der Waals surface area (Å²) in [5.41, 5.74) is 2.92. The minimum atomic E-state index is -0.547. The third-order valence-corrected chi connectivity index (χ3v) is 7.79. The maximum Gasteiger partial charge on any atom is 0.255 e. The fourth-order valence-corrected chi connectivity index (χ4v) is 5.86. The van der Waals surface area contributed by atoms with Crippen LogP contribution in [0.1, 0.15) is 72.9 Å². The summed E-state index contributed by atoms with van der Waals surface area (Å²) in [6.07, 6.45) is 8.61. The van der Waals surface area contributed by atoms with Crippen LogP contribution in [0.5, 0.6) is 0 Å². The molecule has 0 aliphatic carbocycles. The van der Waals surface area contributed by atoms with Gasteiger partial charge >= 0.3 is 0 Å². The van der Waals surface area contributed by atoms with E-state index in [9.17, 15) is 14.4 Å². The molecule has 4 heterocycles. The number of hydrogen-bond donors (Lipinski definition) is 2. The van der Waals surface area contributed by atoms with Gasteiger partial charge in [0.2, 0.25) is 11.8 Å². The molecule has 7 nitrogen and oxygen atoms in total. The van der Waals surface area contributed by atoms with Crippen LogP contribution in [0.4, 0.5) is 0 Å². The van der Waals surface area contributed by atoms with Crippen molar-refractivity contribution in [2.75, 3.05) is 19.6 Å². The van der Waals surface area contributed by atoms with Crippen LogP contribution in [0.2, 0.25) is 0 Å². The van der Waals surface area contributed by atoms with E-state index >= 15 is 0 Å². The van der Waals surface area contributed by atoms with Gasteiger partial charge in [-0.1, -0.05) is 12.1 Å². The minimum Gasteiger partial charge on any atom is -0.322 e. The third kappa shape index (κ3) is 4.59. The molecule has 0 bridgehead atoms. The second-order valence-corrected chi connectivity index (χ2v) is 9.98. The van der Waals surface area contributed by atoms with Crippen molar-refractivity contribution in [3.8, 4) is 0 Å². The highest BCUT2D eigenvalue weighted by molar-refractivity contribution is 6.05. The lowest BCUT2D eigenvalue weighted by atomic mass is 9.90. The minimum absolute atomic E-state index is 0.0985. The molecule has 2 N–H and O–H groups in total. The molecule has 172 valence electrons. The summed E-state index contributed by atoms with van der Waals surface area (Å²) < 4.78 is 0. The van der Waals surface area contributed by atoms with Gasteiger partial charge in [0.15, 0.2) is 0 Å². The Morgan fingerprint density at radius 1 is 1.00 bits per heavy atom. The summed E-state index contributed by atoms with van der Waals surface area (Å²) in [6.45, 7) is 4.84. The Labute approximate surface area is 189 Å². The average Bonchev–Trinajstić information content (AvgIpc) is 3.41. The van der Waals surface area contributed by atoms with E-state index in [1.54, 1.807) is 4.90 Å². The normalized spacial score (nSPS) is 27.1. The van der Waals surface area contributed by atoms with Gasteiger partial charge in [0, 0.05) is 31.1 Å². The topological polar surface area (TPSA) is 81.8 Å². The predicted molar refractivity (Wildman–Crippen MR) is 121 cm³/mol. The monoisotopic (exact) mass is 438 g/mol. The first kappa shape index (κ1) is 21.6. The van der Waals surface area contributed by atoms with Crippen LogP contribution in [0.15, 0.2) is 18.2 Å². The van der Waals surface area contributed by atoms with E-state index in [1.807, 2.05) is 6.07 Å². The quantitative estimate of drug-likeness (QED) is 0.666. The summed E-state index contributed by atoms with van der Waals surface area (Å²) in [5.74, 6) is 0.151. The van der Waals surface area contributed by atoms with Gasteiger partial charge in [-0.25, -0.2) is 0 Å². The van der Waals surface area contributed by atoms with Gasteiger partial charge in [-0.3, -0.25) is 24.6 Å². The molecule has 3 fully saturated rings. The molecule has 3 saturated heterocycles. The molecule has 1 aromatic rings. The maximum atomic E-state index is 12.9. The lowest BCUT2D eigenvalue weighted by molar-refractivity contribution is -0.136. The van der Waals surface area contributed by atoms with Crippen LogP contribution < -0.4 is 10.6 Å². The number of piperidine rings is 2. The first-order valence-electron chi connectivity index (χ1n) is 12.3. The lowest BCUT2D eigenvalue weighted by Gasteiger charge is -2.32. The van der Waals surface area contributed by atoms with Crippen molar-refractivity contribution in [1.82, 2.24) is 20.4 Å². The number of hydrogen-bond acceptors (Lipinski definition) is 5. The summed E-state index contributed by atoms with van der Waals surface area (Å²) >= 11 is 0. The molecule has 0 spiro atoms. The molecule has 4 aliphatic rings. The SMILES string of the molecule is O=C1CCC(N2Cc3cc(CN4CCC(CC[C@H]5CCCN5)CC4)ccc3C2=O)C(=O)N1. The Hall–Kier alpha value is -2.25. The van der Waals surface area contributed by atoms with Crippen molar-refractivity contribution in [2.45, 2.75) is 76.5 Å². The van der Waals surface area contributed by atoms with Crippen molar-refractivity contribution in [2.24, 2.45) is 5.92 Å². The van der Waals surface area contributed by atoms with Gasteiger partial charge in [-0.2, -0.15) is 0 Å². The molecule has 1 aromatic carbocycles. The molecule has 0 radical (unpaired) electrons. The molecular formula is C25H34N4O3. The van der Waals surface area contributed by atoms with Gasteiger partial charge < -0.3 is 10.2 Å². The standard InChI is InChI=1S/C25H34N4O3/c30-23-8-7-22(24(31)27-23)29-16-19-14-18(4-6-21(19)25(29)32)15-28-12-9-17(10-13-28)3-5-20-2-1-11-26-20/h4,6,14,17,20,22,26H,1-3,5,7-13,15-16H2,(H,27,30,31)/t20-,22?/m1/s1. The van der Waals surface area contributed by atoms with E-state index in [2.05, 4.69) is 27.7 Å². The van der Waals surface area contributed by atoms with E-state index in [1.165, 1.54) is 50.6 Å². The zero-order valence-corrected chi connectivity index (χ0v) is 18.8. The van der Waals surface area contributed by atoms with Crippen molar-refractivity contribution in [3.05, 3.63) is 34.9 Å². The molecule has 4 aliphatic heterocycles. The second-order valence-electron chi connectivity index (χ2n) is 9.98. The number of nitrogens with one attached hydrogen (secondary N) is 2. The molecule has 5 rings (SSSR count). The number of fused-ring (bicyclic) bond motifs is 1. The number of carbonyl (C=O) groups is 3. The number of carbonyl (C=O) groups excluding carboxylic acids is 3. The Kier molecular flexibility index (Phi) is 6.28. The Balaban J connectivity index is 1.14. The maximum absolute atomic E-state index is 12.9. The van der Waals surface area contributed by atoms with Crippen LogP contribution >= 0.6 is 0 Å². The number of amides is 3. The van der Waals surface area contributed by atoms with Gasteiger partial charge in [-0.15, -0.1) is 0 Å². The summed E-state index contributed by atoms with van der Waals surface area (Å²) in [5, 5.41) is 5.98. The van der Waals surface area contributed by atoms with Crippen LogP contribution in [0.3, 0.4) is 0 Å². The predicted octanol–water partition coefficient (Wildman–Crippen LogP) is 2.19. The van der Waals surface area contributed by atoms with Crippen molar-refractivity contribution >= 4 is 17.7 Å². The average molecular weight is 439 g/mol. The number of rotatable bonds is 6. The van der Waals surface area contributed by atoms with Crippen LogP contribution in [-0.2, 0) is 22.7 Å². The first-order valence-corrected chi connectivity index (χ1v) is 12.3. The van der Waals surface area contributed by atoms with Crippen molar-refractivity contribution < 1.29 is 14.4 Å². The van der Waals surface area contributed by atoms with Crippen molar-refractivity contribution in [3.63, 3.8) is 0 Å². The van der Waals surface area contributed by atoms with Gasteiger partial charge in [0.05, 0.1) is 0 Å². The van der Waals surface area contributed by atoms with E-state index in [-0.39, 0.29) is 24.1 Å². The summed E-state index contributed by atoms with van der Waals surface area (Å²) in [6, 6.07) is 6.32. The molecule has 2 atom stereocenters. The molecule has 32 heavy (non-hydrogen) atoms. The molecule has 0 saturated carbocycles. The number of imide groups is 1. The Morgan fingerprint density at radius 2 is 1.84 bits per heavy atom. The molecule has 3 amide bonds. The smallest absolute Gasteiger partial charge is 0.255 e. The Bertz CT molecular complexity index is 887. The van der Waals surface area contributed by atoms with Crippen molar-refractivity contribution in [1.29, 1.82) is 0 Å². The zero-order chi connectivity index (χ0) is 22.1. The van der Waals surface area contributed by atoms with E-state index in [0.717, 1.165) is 37.2 Å². The summed E-state index contributed by atoms with van der Waals surface area (Å²) in [7, 11) is 0. The lowest BCUT2D eigenvalue weighted by Crippen LogP contribution is -2.52. The number of likely N-dealkylation sites (tertiary alicyclic amines) is 1. The third-order valence-electron chi connectivity index (χ3n) is 7.79. The van der Waals surface area contributed by atoms with Crippen LogP contribution in [0, 0.1) is 5.92 Å². The first-order chi connectivity index (χ1) is 15.6. The molecular weight excluding hydrogens is 404 g/mol. The number of nitrogens with zero attached hydrogens (tertiary/aromatic N) is 2. The van der Waals surface area contributed by atoms with Crippen LogP contribution in [-0.4, -0.2) is 59.2 Å². The van der Waals surface area contributed by atoms with Gasteiger partial charge in [0.25, 0.3) is 5.91 Å². The highest BCUT2D eigenvalue weighted by atomic mass is 16.2. The highest BCUT2D eigenvalue weighted by Crippen LogP contribution is 2.30. The van der Waals surface area contributed by atoms with Gasteiger partial charge in [0.1, 0.15) is 6.04 Å².